The Bertz CT molecular complexity index is 717. The first-order valence-corrected chi connectivity index (χ1v) is 9.71. The van der Waals surface area contributed by atoms with E-state index in [0.29, 0.717) is 17.6 Å². The number of sulfonamides is 1. The molecule has 1 aromatic rings. The van der Waals surface area contributed by atoms with Crippen molar-refractivity contribution in [2.75, 3.05) is 5.75 Å². The molecule has 0 amide bonds. The number of nitrogens with zero attached hydrogens (tertiary/aromatic N) is 2. The van der Waals surface area contributed by atoms with Crippen molar-refractivity contribution >= 4 is 10.0 Å². The van der Waals surface area contributed by atoms with E-state index in [-0.39, 0.29) is 23.4 Å². The van der Waals surface area contributed by atoms with Crippen LogP contribution >= 0.6 is 0 Å². The number of aryl methyl sites for hydroxylation is 2. The minimum atomic E-state index is -3.23. The molecule has 0 aromatic carbocycles. The molecule has 0 unspecified atom stereocenters. The number of aromatic nitrogens is 1. The number of rotatable bonds is 2. The molecule has 3 aliphatic rings. The van der Waals surface area contributed by atoms with E-state index in [1.165, 1.54) is 6.42 Å². The van der Waals surface area contributed by atoms with Crippen LogP contribution in [0.25, 0.3) is 0 Å². The Balaban J connectivity index is 1.72. The number of fused-ring (bicyclic) bond motifs is 1. The molecule has 2 saturated carbocycles. The normalized spacial score (nSPS) is 38.5. The number of hydrogen-bond donors (Lipinski definition) is 0. The van der Waals surface area contributed by atoms with E-state index in [1.807, 2.05) is 13.8 Å². The fourth-order valence-electron chi connectivity index (χ4n) is 5.32. The van der Waals surface area contributed by atoms with Crippen LogP contribution in [0.3, 0.4) is 0 Å². The smallest absolute Gasteiger partial charge is 0.215 e. The highest BCUT2D eigenvalue weighted by molar-refractivity contribution is 7.89. The Hall–Kier alpha value is -0.880. The van der Waals surface area contributed by atoms with Crippen molar-refractivity contribution in [3.8, 4) is 0 Å². The van der Waals surface area contributed by atoms with Crippen LogP contribution in [0.4, 0.5) is 0 Å². The third-order valence-electron chi connectivity index (χ3n) is 6.90. The molecule has 2 aliphatic carbocycles. The predicted molar refractivity (Wildman–Crippen MR) is 82.6 cm³/mol. The standard InChI is InChI=1S/C16H24N2O3S/c1-10-11(2)21-14(17-10)8-18-13-7-12-5-6-16(13,15(12,3)4)9-22(18,19)20/h12-13H,5-9H2,1-4H3/t12-,13+,16+/m1/s1. The molecule has 2 heterocycles. The van der Waals surface area contributed by atoms with Gasteiger partial charge < -0.3 is 4.42 Å². The van der Waals surface area contributed by atoms with Crippen molar-refractivity contribution in [1.82, 2.24) is 9.29 Å². The highest BCUT2D eigenvalue weighted by atomic mass is 32.2. The van der Waals surface area contributed by atoms with Crippen molar-refractivity contribution in [3.05, 3.63) is 17.3 Å². The second kappa shape index (κ2) is 4.15. The van der Waals surface area contributed by atoms with E-state index in [0.717, 1.165) is 24.3 Å². The summed E-state index contributed by atoms with van der Waals surface area (Å²) >= 11 is 0. The van der Waals surface area contributed by atoms with Crippen LogP contribution in [0, 0.1) is 30.6 Å². The molecule has 3 fully saturated rings. The van der Waals surface area contributed by atoms with Crippen molar-refractivity contribution < 1.29 is 12.8 Å². The van der Waals surface area contributed by atoms with Crippen molar-refractivity contribution in [1.29, 1.82) is 0 Å². The molecule has 122 valence electrons. The fourth-order valence-corrected chi connectivity index (χ4v) is 7.83. The number of oxazole rings is 1. The van der Waals surface area contributed by atoms with Crippen LogP contribution in [-0.4, -0.2) is 29.5 Å². The molecule has 2 bridgehead atoms. The van der Waals surface area contributed by atoms with Gasteiger partial charge in [-0.1, -0.05) is 13.8 Å². The first-order chi connectivity index (χ1) is 10.2. The van der Waals surface area contributed by atoms with Crippen LogP contribution < -0.4 is 0 Å². The summed E-state index contributed by atoms with van der Waals surface area (Å²) in [6, 6.07) is 0.124. The number of hydrogen-bond acceptors (Lipinski definition) is 4. The quantitative estimate of drug-likeness (QED) is 0.839. The van der Waals surface area contributed by atoms with E-state index in [9.17, 15) is 8.42 Å². The molecule has 1 aliphatic heterocycles. The van der Waals surface area contributed by atoms with Gasteiger partial charge in [-0.05, 0) is 44.4 Å². The average Bonchev–Trinajstić information content (AvgIpc) is 2.99. The molecule has 22 heavy (non-hydrogen) atoms. The summed E-state index contributed by atoms with van der Waals surface area (Å²) in [5.41, 5.74) is 0.879. The van der Waals surface area contributed by atoms with Gasteiger partial charge >= 0.3 is 0 Å². The van der Waals surface area contributed by atoms with E-state index in [4.69, 9.17) is 4.42 Å². The SMILES string of the molecule is Cc1nc(CN2[C@H]3C[C@H]4CC[C@@]3(CS2(=O)=O)C4(C)C)oc1C. The van der Waals surface area contributed by atoms with Crippen LogP contribution in [0.5, 0.6) is 0 Å². The summed E-state index contributed by atoms with van der Waals surface area (Å²) in [5.74, 6) is 2.24. The monoisotopic (exact) mass is 324 g/mol. The van der Waals surface area contributed by atoms with Gasteiger partial charge in [-0.3, -0.25) is 0 Å². The molecule has 4 rings (SSSR count). The van der Waals surface area contributed by atoms with Gasteiger partial charge in [0.25, 0.3) is 0 Å². The zero-order chi connectivity index (χ0) is 15.9. The molecule has 6 heteroatoms. The van der Waals surface area contributed by atoms with Crippen molar-refractivity contribution in [3.63, 3.8) is 0 Å². The summed E-state index contributed by atoms with van der Waals surface area (Å²) in [4.78, 5) is 4.38. The topological polar surface area (TPSA) is 63.4 Å². The van der Waals surface area contributed by atoms with Gasteiger partial charge in [0, 0.05) is 11.5 Å². The van der Waals surface area contributed by atoms with Gasteiger partial charge in [0.1, 0.15) is 5.76 Å². The van der Waals surface area contributed by atoms with Gasteiger partial charge in [-0.2, -0.15) is 4.31 Å². The molecule has 5 nitrogen and oxygen atoms in total. The lowest BCUT2D eigenvalue weighted by molar-refractivity contribution is 0.109. The Kier molecular flexibility index (Phi) is 2.77. The van der Waals surface area contributed by atoms with Crippen LogP contribution in [-0.2, 0) is 16.6 Å². The van der Waals surface area contributed by atoms with E-state index in [2.05, 4.69) is 18.8 Å². The Labute approximate surface area is 132 Å². The van der Waals surface area contributed by atoms with Crippen molar-refractivity contribution in [2.24, 2.45) is 16.7 Å². The third-order valence-corrected chi connectivity index (χ3v) is 8.88. The maximum Gasteiger partial charge on any atom is 0.215 e. The third kappa shape index (κ3) is 1.63. The van der Waals surface area contributed by atoms with Gasteiger partial charge in [0.05, 0.1) is 18.0 Å². The lowest BCUT2D eigenvalue weighted by Gasteiger charge is -2.37. The second-order valence-corrected chi connectivity index (χ2v) is 9.84. The lowest BCUT2D eigenvalue weighted by Crippen LogP contribution is -2.41. The second-order valence-electron chi connectivity index (χ2n) is 7.92. The van der Waals surface area contributed by atoms with E-state index in [1.54, 1.807) is 4.31 Å². The lowest BCUT2D eigenvalue weighted by atomic mass is 9.69. The summed E-state index contributed by atoms with van der Waals surface area (Å²) in [7, 11) is -3.23. The van der Waals surface area contributed by atoms with Gasteiger partial charge in [-0.25, -0.2) is 13.4 Å². The van der Waals surface area contributed by atoms with Crippen LogP contribution in [0.2, 0.25) is 0 Å². The fraction of sp³-hybridized carbons (Fsp3) is 0.812. The minimum Gasteiger partial charge on any atom is -0.444 e. The Morgan fingerprint density at radius 1 is 1.36 bits per heavy atom. The highest BCUT2D eigenvalue weighted by Crippen LogP contribution is 2.70. The molecule has 0 radical (unpaired) electrons. The van der Waals surface area contributed by atoms with Gasteiger partial charge in [-0.15, -0.1) is 0 Å². The molecule has 3 atom stereocenters. The first-order valence-electron chi connectivity index (χ1n) is 8.10. The Morgan fingerprint density at radius 2 is 2.09 bits per heavy atom. The molecule has 0 N–H and O–H groups in total. The first kappa shape index (κ1) is 14.7. The summed E-state index contributed by atoms with van der Waals surface area (Å²) < 4.78 is 32.9. The molecule has 1 aromatic heterocycles. The average molecular weight is 324 g/mol. The summed E-state index contributed by atoms with van der Waals surface area (Å²) in [5, 5.41) is 0. The van der Waals surface area contributed by atoms with E-state index < -0.39 is 10.0 Å². The maximum atomic E-state index is 12.8. The molecule has 1 spiro atoms. The molecular weight excluding hydrogens is 300 g/mol. The van der Waals surface area contributed by atoms with Crippen LogP contribution in [0.1, 0.15) is 50.5 Å². The molecular formula is C16H24N2O3S. The summed E-state index contributed by atoms with van der Waals surface area (Å²) in [6.45, 7) is 8.58. The zero-order valence-electron chi connectivity index (χ0n) is 13.7. The van der Waals surface area contributed by atoms with Crippen molar-refractivity contribution in [2.45, 2.75) is 59.5 Å². The van der Waals surface area contributed by atoms with Gasteiger partial charge in [0.2, 0.25) is 15.9 Å². The summed E-state index contributed by atoms with van der Waals surface area (Å²) in [6.07, 6.45) is 3.20. The maximum absolute atomic E-state index is 12.8. The van der Waals surface area contributed by atoms with Gasteiger partial charge in [0.15, 0.2) is 0 Å². The highest BCUT2D eigenvalue weighted by Gasteiger charge is 2.71. The molecule has 1 saturated heterocycles. The van der Waals surface area contributed by atoms with E-state index >= 15 is 0 Å². The van der Waals surface area contributed by atoms with Crippen LogP contribution in [0.15, 0.2) is 4.42 Å². The predicted octanol–water partition coefficient (Wildman–Crippen LogP) is 2.63. The largest absolute Gasteiger partial charge is 0.444 e. The zero-order valence-corrected chi connectivity index (χ0v) is 14.5. The minimum absolute atomic E-state index is 0.0762. The Morgan fingerprint density at radius 3 is 2.68 bits per heavy atom.